The van der Waals surface area contributed by atoms with Crippen LogP contribution in [0.1, 0.15) is 19.5 Å². The number of aromatic nitrogens is 5. The summed E-state index contributed by atoms with van der Waals surface area (Å²) in [4.78, 5) is 0. The molecule has 3 rings (SSSR count). The topological polar surface area (TPSA) is 80.7 Å². The molecule has 0 amide bonds. The minimum Gasteiger partial charge on any atom is -0.374 e. The maximum atomic E-state index is 5.67. The van der Waals surface area contributed by atoms with E-state index in [1.54, 1.807) is 0 Å². The fraction of sp³-hybridized carbons (Fsp3) is 0.643. The number of nitrogens with one attached hydrogen (secondary N) is 2. The Morgan fingerprint density at radius 2 is 2.33 bits per heavy atom. The van der Waals surface area contributed by atoms with Crippen LogP contribution in [0.25, 0.3) is 11.4 Å². The first kappa shape index (κ1) is 14.2. The third kappa shape index (κ3) is 3.68. The number of morpholine rings is 1. The Balaban J connectivity index is 1.65. The average Bonchev–Trinajstić information content (AvgIpc) is 3.08. The van der Waals surface area contributed by atoms with E-state index in [4.69, 9.17) is 4.74 Å². The van der Waals surface area contributed by atoms with Crippen molar-refractivity contribution in [2.45, 2.75) is 32.9 Å². The van der Waals surface area contributed by atoms with Crippen molar-refractivity contribution in [1.82, 2.24) is 30.5 Å². The fourth-order valence-electron chi connectivity index (χ4n) is 2.49. The molecule has 7 heteroatoms. The van der Waals surface area contributed by atoms with Crippen LogP contribution in [0.15, 0.2) is 12.3 Å². The van der Waals surface area contributed by atoms with Gasteiger partial charge in [0.25, 0.3) is 0 Å². The van der Waals surface area contributed by atoms with Crippen molar-refractivity contribution in [2.75, 3.05) is 19.7 Å². The lowest BCUT2D eigenvalue weighted by Crippen LogP contribution is -2.40. The first-order valence-corrected chi connectivity index (χ1v) is 7.48. The summed E-state index contributed by atoms with van der Waals surface area (Å²) in [6, 6.07) is 2.05. The van der Waals surface area contributed by atoms with Crippen LogP contribution in [0.4, 0.5) is 0 Å². The van der Waals surface area contributed by atoms with Gasteiger partial charge in [-0.1, -0.05) is 19.1 Å². The molecule has 0 spiro atoms. The summed E-state index contributed by atoms with van der Waals surface area (Å²) in [5, 5.41) is 19.1. The fourth-order valence-corrected chi connectivity index (χ4v) is 2.49. The number of aromatic amines is 1. The van der Waals surface area contributed by atoms with Crippen LogP contribution in [0.2, 0.25) is 0 Å². The molecule has 1 aliphatic heterocycles. The summed E-state index contributed by atoms with van der Waals surface area (Å²) in [5.41, 5.74) is 2.78. The molecule has 2 aromatic heterocycles. The predicted octanol–water partition coefficient (Wildman–Crippen LogP) is 0.855. The monoisotopic (exact) mass is 290 g/mol. The molecule has 1 aliphatic rings. The zero-order valence-corrected chi connectivity index (χ0v) is 12.5. The van der Waals surface area contributed by atoms with Crippen LogP contribution in [-0.4, -0.2) is 51.0 Å². The highest BCUT2D eigenvalue weighted by molar-refractivity contribution is 5.52. The van der Waals surface area contributed by atoms with Gasteiger partial charge in [0.1, 0.15) is 11.4 Å². The van der Waals surface area contributed by atoms with E-state index < -0.39 is 0 Å². The van der Waals surface area contributed by atoms with Crippen LogP contribution in [0.3, 0.4) is 0 Å². The number of ether oxygens (including phenoxy) is 1. The highest BCUT2D eigenvalue weighted by atomic mass is 16.5. The second-order valence-corrected chi connectivity index (χ2v) is 5.90. The van der Waals surface area contributed by atoms with Crippen molar-refractivity contribution >= 4 is 0 Å². The van der Waals surface area contributed by atoms with Gasteiger partial charge in [-0.05, 0) is 18.4 Å². The van der Waals surface area contributed by atoms with E-state index in [9.17, 15) is 0 Å². The van der Waals surface area contributed by atoms with E-state index in [2.05, 4.69) is 39.7 Å². The molecular formula is C14H22N6O. The Bertz CT molecular complexity index is 570. The van der Waals surface area contributed by atoms with E-state index in [0.29, 0.717) is 12.5 Å². The minimum absolute atomic E-state index is 0.156. The predicted molar refractivity (Wildman–Crippen MR) is 78.8 cm³/mol. The van der Waals surface area contributed by atoms with Gasteiger partial charge in [0.05, 0.1) is 25.5 Å². The lowest BCUT2D eigenvalue weighted by atomic mass is 10.1. The van der Waals surface area contributed by atoms with E-state index in [-0.39, 0.29) is 6.10 Å². The Morgan fingerprint density at radius 1 is 1.43 bits per heavy atom. The normalized spacial score (nSPS) is 19.3. The van der Waals surface area contributed by atoms with Gasteiger partial charge in [0.15, 0.2) is 0 Å². The molecule has 2 aromatic rings. The van der Waals surface area contributed by atoms with Gasteiger partial charge in [-0.15, -0.1) is 5.10 Å². The van der Waals surface area contributed by atoms with Crippen molar-refractivity contribution in [3.05, 3.63) is 18.0 Å². The third-order valence-corrected chi connectivity index (χ3v) is 3.46. The molecule has 0 radical (unpaired) electrons. The molecule has 1 fully saturated rings. The summed E-state index contributed by atoms with van der Waals surface area (Å²) in [7, 11) is 0. The highest BCUT2D eigenvalue weighted by Gasteiger charge is 2.16. The van der Waals surface area contributed by atoms with Crippen molar-refractivity contribution in [3.8, 4) is 11.4 Å². The molecule has 3 heterocycles. The summed E-state index contributed by atoms with van der Waals surface area (Å²) < 4.78 is 7.49. The zero-order valence-electron chi connectivity index (χ0n) is 12.5. The summed E-state index contributed by atoms with van der Waals surface area (Å²) >= 11 is 0. The standard InChI is InChI=1S/C14H22N6O/c1-10(2)5-11-6-13(17-16-11)14-9-20(19-18-14)8-12-7-15-3-4-21-12/h6,9-10,12,15H,3-5,7-8H2,1-2H3,(H,16,17)/t12-/m0/s1. The molecule has 114 valence electrons. The van der Waals surface area contributed by atoms with Crippen molar-refractivity contribution in [1.29, 1.82) is 0 Å². The van der Waals surface area contributed by atoms with E-state index in [1.165, 1.54) is 0 Å². The molecule has 0 aromatic carbocycles. The summed E-state index contributed by atoms with van der Waals surface area (Å²) in [6.45, 7) is 7.62. The quantitative estimate of drug-likeness (QED) is 0.853. The maximum Gasteiger partial charge on any atom is 0.133 e. The van der Waals surface area contributed by atoms with Gasteiger partial charge in [-0.2, -0.15) is 5.10 Å². The molecule has 21 heavy (non-hydrogen) atoms. The van der Waals surface area contributed by atoms with Crippen LogP contribution in [-0.2, 0) is 17.7 Å². The zero-order chi connectivity index (χ0) is 14.7. The van der Waals surface area contributed by atoms with Crippen LogP contribution in [0, 0.1) is 5.92 Å². The molecule has 1 atom stereocenters. The van der Waals surface area contributed by atoms with E-state index in [1.807, 2.05) is 16.9 Å². The van der Waals surface area contributed by atoms with Gasteiger partial charge in [0.2, 0.25) is 0 Å². The Kier molecular flexibility index (Phi) is 4.31. The lowest BCUT2D eigenvalue weighted by Gasteiger charge is -2.23. The second kappa shape index (κ2) is 6.36. The number of hydrogen-bond donors (Lipinski definition) is 2. The number of rotatable bonds is 5. The second-order valence-electron chi connectivity index (χ2n) is 5.90. The molecule has 0 aliphatic carbocycles. The molecule has 2 N–H and O–H groups in total. The Hall–Kier alpha value is -1.73. The SMILES string of the molecule is CC(C)Cc1cc(-c2cn(C[C@@H]3CNCCO3)nn2)n[nH]1. The van der Waals surface area contributed by atoms with Gasteiger partial charge >= 0.3 is 0 Å². The van der Waals surface area contributed by atoms with Gasteiger partial charge < -0.3 is 10.1 Å². The Labute approximate surface area is 124 Å². The molecule has 0 bridgehead atoms. The largest absolute Gasteiger partial charge is 0.374 e. The lowest BCUT2D eigenvalue weighted by molar-refractivity contribution is 0.0158. The number of nitrogens with zero attached hydrogens (tertiary/aromatic N) is 4. The Morgan fingerprint density at radius 3 is 3.10 bits per heavy atom. The van der Waals surface area contributed by atoms with Crippen LogP contribution in [0.5, 0.6) is 0 Å². The van der Waals surface area contributed by atoms with Gasteiger partial charge in [0, 0.05) is 18.8 Å². The summed E-state index contributed by atoms with van der Waals surface area (Å²) in [5.74, 6) is 0.602. The number of hydrogen-bond acceptors (Lipinski definition) is 5. The van der Waals surface area contributed by atoms with E-state index >= 15 is 0 Å². The molecule has 7 nitrogen and oxygen atoms in total. The minimum atomic E-state index is 0.156. The molecule has 1 saturated heterocycles. The third-order valence-electron chi connectivity index (χ3n) is 3.46. The summed E-state index contributed by atoms with van der Waals surface area (Å²) in [6.07, 6.45) is 3.07. The van der Waals surface area contributed by atoms with Crippen molar-refractivity contribution in [3.63, 3.8) is 0 Å². The first-order chi connectivity index (χ1) is 10.2. The highest BCUT2D eigenvalue weighted by Crippen LogP contribution is 2.16. The molecule has 0 unspecified atom stereocenters. The van der Waals surface area contributed by atoms with Crippen LogP contribution >= 0.6 is 0 Å². The number of H-pyrrole nitrogens is 1. The molecular weight excluding hydrogens is 268 g/mol. The van der Waals surface area contributed by atoms with Gasteiger partial charge in [-0.3, -0.25) is 5.10 Å². The van der Waals surface area contributed by atoms with Gasteiger partial charge in [-0.25, -0.2) is 4.68 Å². The first-order valence-electron chi connectivity index (χ1n) is 7.48. The maximum absolute atomic E-state index is 5.67. The molecule has 0 saturated carbocycles. The van der Waals surface area contributed by atoms with Crippen LogP contribution < -0.4 is 5.32 Å². The van der Waals surface area contributed by atoms with Crippen molar-refractivity contribution in [2.24, 2.45) is 5.92 Å². The smallest absolute Gasteiger partial charge is 0.133 e. The average molecular weight is 290 g/mol. The van der Waals surface area contributed by atoms with E-state index in [0.717, 1.165) is 43.2 Å². The van der Waals surface area contributed by atoms with Crippen molar-refractivity contribution < 1.29 is 4.74 Å².